The van der Waals surface area contributed by atoms with Gasteiger partial charge in [-0.05, 0) is 18.2 Å². The van der Waals surface area contributed by atoms with Gasteiger partial charge in [-0.3, -0.25) is 0 Å². The smallest absolute Gasteiger partial charge is 0.0376 e. The van der Waals surface area contributed by atoms with Crippen LogP contribution in [0.4, 0.5) is 5.69 Å². The minimum Gasteiger partial charge on any atom is -0.378 e. The molecule has 0 unspecified atom stereocenters. The number of anilines is 1. The second-order valence-electron chi connectivity index (χ2n) is 4.17. The standard InChI is InChI=1S/C14H13NS/c1-15(2)10-7-8-12-11-5-3-4-6-13(11)16-14(12)9-10/h3-9H,1-2H3. The molecule has 1 heterocycles. The molecule has 80 valence electrons. The summed E-state index contributed by atoms with van der Waals surface area (Å²) in [5, 5.41) is 2.74. The molecule has 0 N–H and O–H groups in total. The molecule has 3 aromatic rings. The Morgan fingerprint density at radius 3 is 2.44 bits per heavy atom. The number of nitrogens with zero attached hydrogens (tertiary/aromatic N) is 1. The minimum atomic E-state index is 1.26. The number of thiophene rings is 1. The third-order valence-electron chi connectivity index (χ3n) is 2.88. The Morgan fingerprint density at radius 1 is 0.875 bits per heavy atom. The summed E-state index contributed by atoms with van der Waals surface area (Å²) in [6, 6.07) is 15.3. The molecule has 0 aliphatic heterocycles. The molecule has 0 fully saturated rings. The Morgan fingerprint density at radius 2 is 1.62 bits per heavy atom. The van der Waals surface area contributed by atoms with Crippen molar-refractivity contribution in [2.24, 2.45) is 0 Å². The lowest BCUT2D eigenvalue weighted by atomic mass is 10.1. The fourth-order valence-corrected chi connectivity index (χ4v) is 3.13. The van der Waals surface area contributed by atoms with Crippen LogP contribution in [0.3, 0.4) is 0 Å². The third kappa shape index (κ3) is 1.38. The highest BCUT2D eigenvalue weighted by Crippen LogP contribution is 2.35. The summed E-state index contributed by atoms with van der Waals surface area (Å²) in [7, 11) is 4.16. The highest BCUT2D eigenvalue weighted by atomic mass is 32.1. The number of rotatable bonds is 1. The van der Waals surface area contributed by atoms with Crippen molar-refractivity contribution in [2.45, 2.75) is 0 Å². The fourth-order valence-electron chi connectivity index (χ4n) is 1.99. The van der Waals surface area contributed by atoms with Crippen molar-refractivity contribution < 1.29 is 0 Å². The van der Waals surface area contributed by atoms with Gasteiger partial charge in [0.05, 0.1) is 0 Å². The van der Waals surface area contributed by atoms with Gasteiger partial charge in [0.2, 0.25) is 0 Å². The van der Waals surface area contributed by atoms with E-state index in [4.69, 9.17) is 0 Å². The maximum atomic E-state index is 2.26. The maximum absolute atomic E-state index is 2.26. The van der Waals surface area contributed by atoms with Gasteiger partial charge >= 0.3 is 0 Å². The normalized spacial score (nSPS) is 11.1. The molecule has 2 heteroatoms. The van der Waals surface area contributed by atoms with Gasteiger partial charge in [0.15, 0.2) is 0 Å². The van der Waals surface area contributed by atoms with E-state index in [9.17, 15) is 0 Å². The quantitative estimate of drug-likeness (QED) is 0.604. The molecule has 2 aromatic carbocycles. The van der Waals surface area contributed by atoms with Crippen LogP contribution in [0, 0.1) is 0 Å². The first-order chi connectivity index (χ1) is 7.75. The zero-order chi connectivity index (χ0) is 11.1. The van der Waals surface area contributed by atoms with Crippen LogP contribution in [0.5, 0.6) is 0 Å². The molecular formula is C14H13NS. The second kappa shape index (κ2) is 3.49. The van der Waals surface area contributed by atoms with Crippen LogP contribution >= 0.6 is 11.3 Å². The highest BCUT2D eigenvalue weighted by molar-refractivity contribution is 7.25. The van der Waals surface area contributed by atoms with E-state index in [2.05, 4.69) is 61.5 Å². The first kappa shape index (κ1) is 9.67. The summed E-state index contributed by atoms with van der Waals surface area (Å²) in [5.41, 5.74) is 1.26. The van der Waals surface area contributed by atoms with Crippen LogP contribution < -0.4 is 4.90 Å². The van der Waals surface area contributed by atoms with Crippen molar-refractivity contribution in [3.05, 3.63) is 42.5 Å². The Kier molecular flexibility index (Phi) is 2.11. The van der Waals surface area contributed by atoms with Crippen molar-refractivity contribution in [1.29, 1.82) is 0 Å². The lowest BCUT2D eigenvalue weighted by Crippen LogP contribution is -2.07. The van der Waals surface area contributed by atoms with Crippen molar-refractivity contribution >= 4 is 37.2 Å². The minimum absolute atomic E-state index is 1.26. The zero-order valence-electron chi connectivity index (χ0n) is 9.40. The molecule has 1 aromatic heterocycles. The fraction of sp³-hybridized carbons (Fsp3) is 0.143. The third-order valence-corrected chi connectivity index (χ3v) is 4.01. The monoisotopic (exact) mass is 227 g/mol. The SMILES string of the molecule is CN(C)c1ccc2c(c1)sc1ccccc12. The van der Waals surface area contributed by atoms with Crippen molar-refractivity contribution in [3.8, 4) is 0 Å². The Bertz CT molecular complexity index is 652. The van der Waals surface area contributed by atoms with Crippen LogP contribution in [0.15, 0.2) is 42.5 Å². The van der Waals surface area contributed by atoms with Gasteiger partial charge in [-0.25, -0.2) is 0 Å². The van der Waals surface area contributed by atoms with E-state index in [0.29, 0.717) is 0 Å². The van der Waals surface area contributed by atoms with E-state index in [1.165, 1.54) is 25.9 Å². The van der Waals surface area contributed by atoms with Crippen molar-refractivity contribution in [3.63, 3.8) is 0 Å². The van der Waals surface area contributed by atoms with E-state index < -0.39 is 0 Å². The molecule has 0 saturated heterocycles. The molecule has 0 saturated carbocycles. The molecule has 16 heavy (non-hydrogen) atoms. The van der Waals surface area contributed by atoms with Gasteiger partial charge < -0.3 is 4.90 Å². The summed E-state index contributed by atoms with van der Waals surface area (Å²) in [5.74, 6) is 0. The zero-order valence-corrected chi connectivity index (χ0v) is 10.2. The molecule has 3 rings (SSSR count). The highest BCUT2D eigenvalue weighted by Gasteiger charge is 2.05. The molecule has 0 bridgehead atoms. The average Bonchev–Trinajstić information content (AvgIpc) is 2.66. The van der Waals surface area contributed by atoms with E-state index in [1.54, 1.807) is 0 Å². The van der Waals surface area contributed by atoms with Gasteiger partial charge in [0.25, 0.3) is 0 Å². The number of benzene rings is 2. The summed E-state index contributed by atoms with van der Waals surface area (Å²) >= 11 is 1.87. The van der Waals surface area contributed by atoms with Crippen molar-refractivity contribution in [2.75, 3.05) is 19.0 Å². The maximum Gasteiger partial charge on any atom is 0.0376 e. The lowest BCUT2D eigenvalue weighted by molar-refractivity contribution is 1.14. The van der Waals surface area contributed by atoms with Crippen LogP contribution in [0.2, 0.25) is 0 Å². The average molecular weight is 227 g/mol. The summed E-state index contributed by atoms with van der Waals surface area (Å²) < 4.78 is 2.74. The van der Waals surface area contributed by atoms with Crippen LogP contribution in [0.25, 0.3) is 20.2 Å². The molecule has 0 atom stereocenters. The van der Waals surface area contributed by atoms with Gasteiger partial charge in [-0.15, -0.1) is 11.3 Å². The van der Waals surface area contributed by atoms with Gasteiger partial charge in [0, 0.05) is 40.0 Å². The molecule has 0 spiro atoms. The van der Waals surface area contributed by atoms with Crippen LogP contribution in [0.1, 0.15) is 0 Å². The summed E-state index contributed by atoms with van der Waals surface area (Å²) in [6.07, 6.45) is 0. The summed E-state index contributed by atoms with van der Waals surface area (Å²) in [4.78, 5) is 2.14. The number of hydrogen-bond acceptors (Lipinski definition) is 2. The molecule has 1 nitrogen and oxygen atoms in total. The number of fused-ring (bicyclic) bond motifs is 3. The Labute approximate surface area is 98.9 Å². The second-order valence-corrected chi connectivity index (χ2v) is 5.26. The number of hydrogen-bond donors (Lipinski definition) is 0. The largest absolute Gasteiger partial charge is 0.378 e. The van der Waals surface area contributed by atoms with Crippen LogP contribution in [-0.2, 0) is 0 Å². The Balaban J connectivity index is 2.37. The summed E-state index contributed by atoms with van der Waals surface area (Å²) in [6.45, 7) is 0. The molecular weight excluding hydrogens is 214 g/mol. The predicted molar refractivity (Wildman–Crippen MR) is 73.7 cm³/mol. The van der Waals surface area contributed by atoms with Gasteiger partial charge in [0.1, 0.15) is 0 Å². The molecule has 0 radical (unpaired) electrons. The van der Waals surface area contributed by atoms with E-state index in [0.717, 1.165) is 0 Å². The van der Waals surface area contributed by atoms with Gasteiger partial charge in [-0.2, -0.15) is 0 Å². The molecule has 0 aliphatic carbocycles. The van der Waals surface area contributed by atoms with E-state index in [1.807, 2.05) is 11.3 Å². The molecule has 0 aliphatic rings. The van der Waals surface area contributed by atoms with E-state index in [-0.39, 0.29) is 0 Å². The first-order valence-corrected chi connectivity index (χ1v) is 6.16. The lowest BCUT2D eigenvalue weighted by Gasteiger charge is -2.11. The molecule has 0 amide bonds. The predicted octanol–water partition coefficient (Wildman–Crippen LogP) is 4.12. The van der Waals surface area contributed by atoms with Crippen LogP contribution in [-0.4, -0.2) is 14.1 Å². The van der Waals surface area contributed by atoms with Crippen molar-refractivity contribution in [1.82, 2.24) is 0 Å². The Hall–Kier alpha value is -1.54. The first-order valence-electron chi connectivity index (χ1n) is 5.34. The topological polar surface area (TPSA) is 3.24 Å². The van der Waals surface area contributed by atoms with E-state index >= 15 is 0 Å². The van der Waals surface area contributed by atoms with Gasteiger partial charge in [-0.1, -0.05) is 24.3 Å².